The highest BCUT2D eigenvalue weighted by atomic mass is 16.6. The summed E-state index contributed by atoms with van der Waals surface area (Å²) < 4.78 is 41.1. The van der Waals surface area contributed by atoms with Gasteiger partial charge in [-0.05, 0) is 106 Å². The smallest absolute Gasteiger partial charge is 0.416 e. The van der Waals surface area contributed by atoms with Crippen LogP contribution < -0.4 is 45.3 Å². The van der Waals surface area contributed by atoms with Crippen LogP contribution in [0.15, 0.2) is 121 Å². The van der Waals surface area contributed by atoms with Gasteiger partial charge in [0.25, 0.3) is 35.4 Å². The van der Waals surface area contributed by atoms with E-state index in [4.69, 9.17) is 33.2 Å². The van der Waals surface area contributed by atoms with Crippen molar-refractivity contribution in [1.29, 1.82) is 0 Å². The first-order valence-electron chi connectivity index (χ1n) is 40.6. The van der Waals surface area contributed by atoms with E-state index in [0.29, 0.717) is 62.7 Å². The van der Waals surface area contributed by atoms with Gasteiger partial charge in [-0.3, -0.25) is 76.9 Å². The number of hydrogen-bond donors (Lipinski definition) is 7. The van der Waals surface area contributed by atoms with Crippen molar-refractivity contribution in [3.63, 3.8) is 0 Å². The fourth-order valence-electron chi connectivity index (χ4n) is 15.2. The maximum Gasteiger partial charge on any atom is 0.416 e. The van der Waals surface area contributed by atoms with E-state index >= 15 is 0 Å². The molecule has 13 rings (SSSR count). The van der Waals surface area contributed by atoms with Gasteiger partial charge in [0.1, 0.15) is 31.0 Å². The van der Waals surface area contributed by atoms with Crippen LogP contribution in [0.4, 0.5) is 32.3 Å². The Labute approximate surface area is 707 Å². The largest absolute Gasteiger partial charge is 0.493 e. The van der Waals surface area contributed by atoms with Crippen LogP contribution in [0.25, 0.3) is 0 Å². The Bertz CT molecular complexity index is 4550. The summed E-state index contributed by atoms with van der Waals surface area (Å²) in [5.41, 5.74) is 2.88. The van der Waals surface area contributed by atoms with Crippen molar-refractivity contribution in [1.82, 2.24) is 30.2 Å². The molecule has 9 aliphatic heterocycles. The highest BCUT2D eigenvalue weighted by molar-refractivity contribution is 6.19. The number of carbonyl (C=O) groups is 16. The molecule has 36 nitrogen and oxygen atoms in total. The van der Waals surface area contributed by atoms with Crippen LogP contribution in [0.1, 0.15) is 149 Å². The summed E-state index contributed by atoms with van der Waals surface area (Å²) in [7, 11) is 1.37. The SMILES string of the molecule is C=C1C[C@H]2[C@H](O)N3C(=O)OCc4ccc(cc4)NC(=O)C(C)CC(=O)C(C)NC(=O)CCOCCCC(=O)C(N4C(=O)C=CC4=O)C(N4C(=O)C=CC4=O)C(=O)CCCOCCC(=O)NC(C)C(=O)CC(C)C(=O)Nc4ccc(cc4)COC(=O)N4c5cc(c(OC)cc5C(=O)N5CC(=C)C[C@H]5[C@@H]4O)OCCCCCOc4cc3c(cc4CO)C(=O)N2C1. The molecule has 8 bridgehead atoms. The van der Waals surface area contributed by atoms with Crippen molar-refractivity contribution >= 4 is 117 Å². The van der Waals surface area contributed by atoms with E-state index in [1.165, 1.54) is 81.0 Å². The molecule has 0 aromatic heterocycles. The Morgan fingerprint density at radius 3 is 1.25 bits per heavy atom. The number of imide groups is 2. The Kier molecular flexibility index (Phi) is 30.6. The highest BCUT2D eigenvalue weighted by Crippen LogP contribution is 2.44. The number of benzene rings is 4. The Hall–Kier alpha value is -12.6. The number of carbonyl (C=O) groups excluding carboxylic acids is 16. The monoisotopic (exact) mass is 1700 g/mol. The number of amides is 12. The molecule has 9 heterocycles. The van der Waals surface area contributed by atoms with Crippen LogP contribution in [0.5, 0.6) is 17.2 Å². The van der Waals surface area contributed by atoms with E-state index < -0.39 is 174 Å². The summed E-state index contributed by atoms with van der Waals surface area (Å²) in [6.45, 7) is 12.3. The van der Waals surface area contributed by atoms with E-state index in [0.717, 1.165) is 34.1 Å². The summed E-state index contributed by atoms with van der Waals surface area (Å²) in [6.07, 6.45) is -2.41. The molecule has 2 fully saturated rings. The maximum absolute atomic E-state index is 14.4. The molecule has 4 aromatic rings. The lowest BCUT2D eigenvalue weighted by Crippen LogP contribution is -2.61. The van der Waals surface area contributed by atoms with Crippen molar-refractivity contribution in [3.05, 3.63) is 149 Å². The third kappa shape index (κ3) is 22.0. The lowest BCUT2D eigenvalue weighted by molar-refractivity contribution is -0.156. The third-order valence-electron chi connectivity index (χ3n) is 22.0. The van der Waals surface area contributed by atoms with Crippen molar-refractivity contribution in [2.24, 2.45) is 11.8 Å². The van der Waals surface area contributed by atoms with Gasteiger partial charge in [0.05, 0.1) is 86.8 Å². The molecule has 0 radical (unpaired) electrons. The second kappa shape index (κ2) is 41.3. The first-order valence-corrected chi connectivity index (χ1v) is 40.6. The molecule has 123 heavy (non-hydrogen) atoms. The third-order valence-corrected chi connectivity index (χ3v) is 22.0. The standard InChI is InChI=1S/C87H100N10O26/c1-48-35-63-84(113)94-61-41-69(56(45-98)39-59(61)82(111)92(63)43-48)120-31-9-8-10-32-121-71-42-62-60(40-70(71)117-7)83(112)93-44-49(2)36-64(93)85(114)95(62)87(116)123-47-55-17-21-58(22-18-55)91-81(110)51(4)38-68(102)53(6)89-73(104)28-34-119-30-12-14-66(100)79(97-76(107)25-26-77(97)108)78(96-74(105)23-24-75(96)106)65(99)13-11-29-118-33-27-72(103)88-52(5)67(101)37-50(3)80(109)90-57-19-15-54(16-20-57)46-122-86(94)115/h15-26,39-42,50-53,63-64,78-79,84-85,98,113-114H,1-2,8-14,27-38,43-47H2,3-7H3,(H,88,103)(H,89,104)(H,90,109)(H,91,110)/t50?,51?,52?,53?,63-,64-,78?,79?,84-,85-/m0/s1. The lowest BCUT2D eigenvalue weighted by Gasteiger charge is -2.35. The molecule has 7 N–H and O–H groups in total. The maximum atomic E-state index is 14.4. The molecule has 10 atom stereocenters. The van der Waals surface area contributed by atoms with Crippen molar-refractivity contribution in [2.45, 2.75) is 180 Å². The number of aliphatic hydroxyl groups is 3. The van der Waals surface area contributed by atoms with Gasteiger partial charge in [-0.25, -0.2) is 19.4 Å². The van der Waals surface area contributed by atoms with Crippen molar-refractivity contribution in [2.75, 3.05) is 80.3 Å². The normalized spacial score (nSPS) is 25.4. The van der Waals surface area contributed by atoms with Gasteiger partial charge >= 0.3 is 12.2 Å². The molecule has 0 saturated carbocycles. The van der Waals surface area contributed by atoms with E-state index in [1.54, 1.807) is 36.4 Å². The second-order valence-corrected chi connectivity index (χ2v) is 31.1. The predicted molar refractivity (Wildman–Crippen MR) is 437 cm³/mol. The first kappa shape index (κ1) is 91.1. The average molecular weight is 1700 g/mol. The number of fused-ring (bicyclic) bond motifs is 4. The van der Waals surface area contributed by atoms with Gasteiger partial charge < -0.3 is 79.5 Å². The zero-order valence-corrected chi connectivity index (χ0v) is 68.8. The molecule has 36 heteroatoms. The summed E-state index contributed by atoms with van der Waals surface area (Å²) >= 11 is 0. The van der Waals surface area contributed by atoms with Gasteiger partial charge in [0.2, 0.25) is 23.6 Å². The lowest BCUT2D eigenvalue weighted by atomic mass is 9.91. The zero-order chi connectivity index (χ0) is 88.6. The van der Waals surface area contributed by atoms with Crippen LogP contribution in [0, 0.1) is 11.8 Å². The molecule has 654 valence electrons. The fraction of sp³-hybridized carbons (Fsp3) is 0.448. The van der Waals surface area contributed by atoms with Crippen LogP contribution >= 0.6 is 0 Å². The first-order chi connectivity index (χ1) is 58.8. The van der Waals surface area contributed by atoms with Gasteiger partial charge in [0.15, 0.2) is 47.1 Å². The Morgan fingerprint density at radius 2 is 0.846 bits per heavy atom. The summed E-state index contributed by atoms with van der Waals surface area (Å²) in [6, 6.07) is 10.2. The van der Waals surface area contributed by atoms with Gasteiger partial charge in [0, 0.05) is 130 Å². The van der Waals surface area contributed by atoms with E-state index in [9.17, 15) is 92.0 Å². The Balaban J connectivity index is 0.766. The molecule has 0 aliphatic carbocycles. The zero-order valence-electron chi connectivity index (χ0n) is 68.8. The quantitative estimate of drug-likeness (QED) is 0.0979. The minimum absolute atomic E-state index is 0.00245. The molecule has 12 amide bonds. The number of rotatable bonds is 4. The molecule has 4 aromatic carbocycles. The molecule has 9 aliphatic rings. The van der Waals surface area contributed by atoms with Crippen LogP contribution in [0.3, 0.4) is 0 Å². The fourth-order valence-corrected chi connectivity index (χ4v) is 15.2. The number of Topliss-reactive ketones (excluding diaryl/α,β-unsaturated/α-hetero) is 4. The van der Waals surface area contributed by atoms with E-state index in [2.05, 4.69) is 34.4 Å². The van der Waals surface area contributed by atoms with E-state index in [-0.39, 0.29) is 163 Å². The summed E-state index contributed by atoms with van der Waals surface area (Å²) in [5, 5.41) is 45.4. The number of ether oxygens (including phenoxy) is 7. The summed E-state index contributed by atoms with van der Waals surface area (Å²) in [5.74, 6) is -11.4. The molecular formula is C87H100N10O26. The number of hydrogen-bond acceptors (Lipinski definition) is 26. The van der Waals surface area contributed by atoms with Crippen molar-refractivity contribution in [3.8, 4) is 17.2 Å². The Morgan fingerprint density at radius 1 is 0.447 bits per heavy atom. The number of aliphatic hydroxyl groups excluding tert-OH is 3. The van der Waals surface area contributed by atoms with Gasteiger partial charge in [-0.15, -0.1) is 0 Å². The number of ketones is 4. The van der Waals surface area contributed by atoms with Crippen LogP contribution in [-0.2, 0) is 96.3 Å². The van der Waals surface area contributed by atoms with Crippen LogP contribution in [0.2, 0.25) is 0 Å². The molecule has 6 unspecified atom stereocenters. The number of nitrogens with one attached hydrogen (secondary N) is 4. The molecular weight excluding hydrogens is 1600 g/mol. The number of nitrogens with zero attached hydrogens (tertiary/aromatic N) is 6. The van der Waals surface area contributed by atoms with Gasteiger partial charge in [-0.1, -0.05) is 62.4 Å². The molecule has 2 saturated heterocycles. The number of anilines is 4. The summed E-state index contributed by atoms with van der Waals surface area (Å²) in [4.78, 5) is 224. The minimum Gasteiger partial charge on any atom is -0.493 e. The topological polar surface area (TPSA) is 466 Å². The highest BCUT2D eigenvalue weighted by Gasteiger charge is 2.51. The minimum atomic E-state index is -1.97. The van der Waals surface area contributed by atoms with E-state index in [1.807, 2.05) is 0 Å². The van der Waals surface area contributed by atoms with Crippen LogP contribution in [-0.4, -0.2) is 238 Å². The predicted octanol–water partition coefficient (Wildman–Crippen LogP) is 5.50. The van der Waals surface area contributed by atoms with Crippen molar-refractivity contribution < 1.29 is 125 Å². The molecule has 0 spiro atoms. The number of methoxy groups -OCH3 is 1. The van der Waals surface area contributed by atoms with Gasteiger partial charge in [-0.2, -0.15) is 0 Å². The average Bonchev–Trinajstić information content (AvgIpc) is 1.59. The second-order valence-electron chi connectivity index (χ2n) is 31.1.